The summed E-state index contributed by atoms with van der Waals surface area (Å²) in [6.45, 7) is 12.7. The Morgan fingerprint density at radius 3 is 2.36 bits per heavy atom. The molecule has 0 saturated carbocycles. The van der Waals surface area contributed by atoms with E-state index in [4.69, 9.17) is 9.47 Å². The molecule has 1 aliphatic rings. The molecule has 1 heterocycles. The van der Waals surface area contributed by atoms with Crippen LogP contribution in [0.4, 0.5) is 4.79 Å². The zero-order chi connectivity index (χ0) is 16.8. The van der Waals surface area contributed by atoms with Gasteiger partial charge < -0.3 is 19.7 Å². The second-order valence-electron chi connectivity index (χ2n) is 6.88. The maximum absolute atomic E-state index is 11.9. The van der Waals surface area contributed by atoms with E-state index in [1.807, 2.05) is 0 Å². The molecule has 1 aliphatic heterocycles. The van der Waals surface area contributed by atoms with Crippen molar-refractivity contribution in [3.05, 3.63) is 0 Å². The van der Waals surface area contributed by atoms with E-state index in [9.17, 15) is 9.59 Å². The standard InChI is InChI=1S/C16H30N2O4/c1-6-18-9-7-13(8-10-18)11-21-14(19)12(2)17-15(20)22-16(3,4)5/h12-13H,6-11H2,1-5H3,(H,17,20)/t12-/m0/s1. The number of hydrogen-bond donors (Lipinski definition) is 1. The van der Waals surface area contributed by atoms with Gasteiger partial charge in [-0.1, -0.05) is 6.92 Å². The van der Waals surface area contributed by atoms with Crippen LogP contribution in [0, 0.1) is 5.92 Å². The third-order valence-electron chi connectivity index (χ3n) is 3.70. The van der Waals surface area contributed by atoms with Gasteiger partial charge in [0, 0.05) is 0 Å². The average molecular weight is 314 g/mol. The molecule has 0 aromatic carbocycles. The van der Waals surface area contributed by atoms with Gasteiger partial charge in [0.2, 0.25) is 0 Å². The molecule has 1 fully saturated rings. The molecule has 0 bridgehead atoms. The number of alkyl carbamates (subject to hydrolysis) is 1. The first-order valence-corrected chi connectivity index (χ1v) is 8.09. The summed E-state index contributed by atoms with van der Waals surface area (Å²) in [5.41, 5.74) is -0.582. The van der Waals surface area contributed by atoms with Crippen molar-refractivity contribution < 1.29 is 19.1 Å². The Hall–Kier alpha value is -1.30. The van der Waals surface area contributed by atoms with Crippen molar-refractivity contribution in [2.24, 2.45) is 5.92 Å². The normalized spacial score (nSPS) is 18.6. The van der Waals surface area contributed by atoms with Crippen molar-refractivity contribution >= 4 is 12.1 Å². The molecule has 22 heavy (non-hydrogen) atoms. The first-order chi connectivity index (χ1) is 10.2. The monoisotopic (exact) mass is 314 g/mol. The molecular formula is C16H30N2O4. The van der Waals surface area contributed by atoms with Crippen molar-refractivity contribution in [3.8, 4) is 0 Å². The molecule has 0 aromatic heterocycles. The van der Waals surface area contributed by atoms with E-state index in [2.05, 4.69) is 17.1 Å². The Labute approximate surface area is 133 Å². The van der Waals surface area contributed by atoms with Crippen molar-refractivity contribution in [2.45, 2.75) is 59.1 Å². The quantitative estimate of drug-likeness (QED) is 0.788. The highest BCUT2D eigenvalue weighted by Crippen LogP contribution is 2.17. The summed E-state index contributed by atoms with van der Waals surface area (Å²) in [5.74, 6) is 0.00394. The van der Waals surface area contributed by atoms with Gasteiger partial charge in [-0.2, -0.15) is 0 Å². The Morgan fingerprint density at radius 2 is 1.86 bits per heavy atom. The van der Waals surface area contributed by atoms with Crippen LogP contribution in [0.5, 0.6) is 0 Å². The lowest BCUT2D eigenvalue weighted by atomic mass is 9.98. The van der Waals surface area contributed by atoms with Crippen LogP contribution in [-0.4, -0.2) is 54.8 Å². The highest BCUT2D eigenvalue weighted by molar-refractivity contribution is 5.81. The van der Waals surface area contributed by atoms with E-state index in [0.29, 0.717) is 12.5 Å². The fourth-order valence-corrected chi connectivity index (χ4v) is 2.34. The summed E-state index contributed by atoms with van der Waals surface area (Å²) < 4.78 is 10.4. The van der Waals surface area contributed by atoms with Gasteiger partial charge in [0.1, 0.15) is 11.6 Å². The van der Waals surface area contributed by atoms with E-state index in [1.165, 1.54) is 0 Å². The number of esters is 1. The number of likely N-dealkylation sites (tertiary alicyclic amines) is 1. The summed E-state index contributed by atoms with van der Waals surface area (Å²) in [7, 11) is 0. The second-order valence-corrected chi connectivity index (χ2v) is 6.88. The van der Waals surface area contributed by atoms with E-state index in [1.54, 1.807) is 27.7 Å². The third-order valence-corrected chi connectivity index (χ3v) is 3.70. The van der Waals surface area contributed by atoms with Crippen LogP contribution >= 0.6 is 0 Å². The number of carbonyl (C=O) groups excluding carboxylic acids is 2. The molecule has 128 valence electrons. The molecule has 0 unspecified atom stereocenters. The molecular weight excluding hydrogens is 284 g/mol. The van der Waals surface area contributed by atoms with Gasteiger partial charge in [0.25, 0.3) is 0 Å². The Balaban J connectivity index is 2.26. The van der Waals surface area contributed by atoms with Gasteiger partial charge in [-0.25, -0.2) is 9.59 Å². The maximum Gasteiger partial charge on any atom is 0.408 e. The summed E-state index contributed by atoms with van der Waals surface area (Å²) in [4.78, 5) is 25.9. The number of nitrogens with zero attached hydrogens (tertiary/aromatic N) is 1. The Kier molecular flexibility index (Phi) is 7.13. The molecule has 1 rings (SSSR count). The van der Waals surface area contributed by atoms with E-state index >= 15 is 0 Å². The first kappa shape index (κ1) is 18.7. The van der Waals surface area contributed by atoms with E-state index in [-0.39, 0.29) is 0 Å². The molecule has 0 spiro atoms. The molecule has 1 N–H and O–H groups in total. The van der Waals surface area contributed by atoms with Crippen LogP contribution in [0.2, 0.25) is 0 Å². The largest absolute Gasteiger partial charge is 0.464 e. The number of rotatable bonds is 5. The van der Waals surface area contributed by atoms with Crippen molar-refractivity contribution in [1.29, 1.82) is 0 Å². The maximum atomic E-state index is 11.9. The van der Waals surface area contributed by atoms with Gasteiger partial charge in [0.15, 0.2) is 0 Å². The van der Waals surface area contributed by atoms with Crippen LogP contribution in [0.25, 0.3) is 0 Å². The Bertz CT molecular complexity index is 371. The van der Waals surface area contributed by atoms with Crippen LogP contribution in [0.3, 0.4) is 0 Å². The molecule has 1 amide bonds. The van der Waals surface area contributed by atoms with Gasteiger partial charge in [0.05, 0.1) is 6.61 Å². The van der Waals surface area contributed by atoms with Crippen LogP contribution in [0.15, 0.2) is 0 Å². The number of hydrogen-bond acceptors (Lipinski definition) is 5. The number of carbonyl (C=O) groups is 2. The summed E-state index contributed by atoms with van der Waals surface area (Å²) >= 11 is 0. The summed E-state index contributed by atoms with van der Waals surface area (Å²) in [6, 6.07) is -0.703. The molecule has 1 saturated heterocycles. The summed E-state index contributed by atoms with van der Waals surface area (Å²) in [6.07, 6.45) is 1.50. The fraction of sp³-hybridized carbons (Fsp3) is 0.875. The topological polar surface area (TPSA) is 67.9 Å². The lowest BCUT2D eigenvalue weighted by Gasteiger charge is -2.30. The molecule has 0 radical (unpaired) electrons. The van der Waals surface area contributed by atoms with Crippen molar-refractivity contribution in [3.63, 3.8) is 0 Å². The molecule has 6 nitrogen and oxygen atoms in total. The fourth-order valence-electron chi connectivity index (χ4n) is 2.34. The number of amides is 1. The van der Waals surface area contributed by atoms with Crippen LogP contribution in [-0.2, 0) is 14.3 Å². The SMILES string of the molecule is CCN1CCC(COC(=O)[C@H](C)NC(=O)OC(C)(C)C)CC1. The molecule has 1 atom stereocenters. The minimum atomic E-state index is -0.703. The van der Waals surface area contributed by atoms with Crippen molar-refractivity contribution in [2.75, 3.05) is 26.2 Å². The highest BCUT2D eigenvalue weighted by Gasteiger charge is 2.24. The van der Waals surface area contributed by atoms with Gasteiger partial charge in [-0.05, 0) is 66.1 Å². The molecule has 6 heteroatoms. The number of piperidine rings is 1. The minimum Gasteiger partial charge on any atom is -0.464 e. The van der Waals surface area contributed by atoms with Gasteiger partial charge in [-0.3, -0.25) is 0 Å². The first-order valence-electron chi connectivity index (χ1n) is 8.09. The number of ether oxygens (including phenoxy) is 2. The highest BCUT2D eigenvalue weighted by atomic mass is 16.6. The van der Waals surface area contributed by atoms with Crippen LogP contribution in [0.1, 0.15) is 47.5 Å². The molecule has 0 aromatic rings. The van der Waals surface area contributed by atoms with Crippen LogP contribution < -0.4 is 5.32 Å². The predicted octanol–water partition coefficient (Wildman–Crippen LogP) is 2.17. The van der Waals surface area contributed by atoms with Gasteiger partial charge in [-0.15, -0.1) is 0 Å². The van der Waals surface area contributed by atoms with Gasteiger partial charge >= 0.3 is 12.1 Å². The predicted molar refractivity (Wildman–Crippen MR) is 84.6 cm³/mol. The smallest absolute Gasteiger partial charge is 0.408 e. The summed E-state index contributed by atoms with van der Waals surface area (Å²) in [5, 5.41) is 2.50. The second kappa shape index (κ2) is 8.36. The van der Waals surface area contributed by atoms with E-state index in [0.717, 1.165) is 32.5 Å². The van der Waals surface area contributed by atoms with E-state index < -0.39 is 23.7 Å². The average Bonchev–Trinajstić information content (AvgIpc) is 2.43. The molecule has 0 aliphatic carbocycles. The lowest BCUT2D eigenvalue weighted by molar-refractivity contribution is -0.147. The minimum absolute atomic E-state index is 0.413. The zero-order valence-corrected chi connectivity index (χ0v) is 14.5. The lowest BCUT2D eigenvalue weighted by Crippen LogP contribution is -2.43. The third kappa shape index (κ3) is 7.11. The Morgan fingerprint density at radius 1 is 1.27 bits per heavy atom. The zero-order valence-electron chi connectivity index (χ0n) is 14.5. The number of nitrogens with one attached hydrogen (secondary N) is 1. The van der Waals surface area contributed by atoms with Crippen molar-refractivity contribution in [1.82, 2.24) is 10.2 Å².